The van der Waals surface area contributed by atoms with Crippen molar-refractivity contribution in [2.75, 3.05) is 13.1 Å². The fourth-order valence-corrected chi connectivity index (χ4v) is 3.40. The first kappa shape index (κ1) is 19.8. The monoisotopic (exact) mass is 388 g/mol. The second-order valence-corrected chi connectivity index (χ2v) is 6.91. The number of carboxylic acid groups (broad SMARTS) is 1. The fourth-order valence-electron chi connectivity index (χ4n) is 3.40. The third kappa shape index (κ3) is 4.65. The Morgan fingerprint density at radius 1 is 1.11 bits per heavy atom. The van der Waals surface area contributed by atoms with E-state index in [0.29, 0.717) is 25.9 Å². The highest BCUT2D eigenvalue weighted by Gasteiger charge is 2.30. The molecule has 0 spiro atoms. The molecule has 1 atom stereocenters. The highest BCUT2D eigenvalue weighted by Crippen LogP contribution is 2.34. The van der Waals surface area contributed by atoms with Gasteiger partial charge in [-0.2, -0.15) is 0 Å². The number of piperidine rings is 1. The number of hydrogen-bond acceptors (Lipinski definition) is 2. The summed E-state index contributed by atoms with van der Waals surface area (Å²) >= 11 is 0. The van der Waals surface area contributed by atoms with Crippen molar-refractivity contribution in [3.8, 4) is 0 Å². The minimum atomic E-state index is -1.38. The third-order valence-corrected chi connectivity index (χ3v) is 5.09. The molecule has 1 unspecified atom stereocenters. The molecule has 1 saturated heterocycles. The van der Waals surface area contributed by atoms with Crippen molar-refractivity contribution in [1.29, 1.82) is 0 Å². The van der Waals surface area contributed by atoms with Crippen LogP contribution in [0.5, 0.6) is 0 Å². The molecule has 28 heavy (non-hydrogen) atoms. The Morgan fingerprint density at radius 2 is 1.75 bits per heavy atom. The number of halogens is 2. The van der Waals surface area contributed by atoms with E-state index in [9.17, 15) is 18.4 Å². The van der Waals surface area contributed by atoms with Crippen molar-refractivity contribution < 1.29 is 23.5 Å². The minimum absolute atomic E-state index is 0.0789. The summed E-state index contributed by atoms with van der Waals surface area (Å²) in [5, 5.41) is 11.7. The number of carbonyl (C=O) groups excluding carboxylic acids is 1. The number of benzene rings is 2. The van der Waals surface area contributed by atoms with Gasteiger partial charge in [-0.3, -0.25) is 0 Å². The fraction of sp³-hybridized carbons (Fsp3) is 0.333. The lowest BCUT2D eigenvalue weighted by Crippen LogP contribution is -2.44. The summed E-state index contributed by atoms with van der Waals surface area (Å²) in [4.78, 5) is 24.8. The number of hydrogen-bond donors (Lipinski definition) is 2. The quantitative estimate of drug-likeness (QED) is 0.808. The Hall–Kier alpha value is -2.96. The highest BCUT2D eigenvalue weighted by atomic mass is 19.1. The van der Waals surface area contributed by atoms with Crippen LogP contribution in [0.3, 0.4) is 0 Å². The Bertz CT molecular complexity index is 834. The normalized spacial score (nSPS) is 15.9. The van der Waals surface area contributed by atoms with E-state index in [1.165, 1.54) is 30.3 Å². The van der Waals surface area contributed by atoms with Crippen molar-refractivity contribution in [2.24, 2.45) is 5.92 Å². The third-order valence-electron chi connectivity index (χ3n) is 5.09. The van der Waals surface area contributed by atoms with Gasteiger partial charge in [0.1, 0.15) is 12.0 Å². The van der Waals surface area contributed by atoms with Gasteiger partial charge in [-0.15, -0.1) is 0 Å². The van der Waals surface area contributed by atoms with Crippen LogP contribution in [-0.2, 0) is 6.54 Å². The smallest absolute Gasteiger partial charge is 0.335 e. The second kappa shape index (κ2) is 8.82. The van der Waals surface area contributed by atoms with Crippen molar-refractivity contribution in [2.45, 2.75) is 25.6 Å². The van der Waals surface area contributed by atoms with Crippen LogP contribution in [-0.4, -0.2) is 35.1 Å². The van der Waals surface area contributed by atoms with Crippen LogP contribution in [0.4, 0.5) is 13.6 Å². The average Bonchev–Trinajstić information content (AvgIpc) is 2.72. The van der Waals surface area contributed by atoms with Crippen LogP contribution in [0, 0.1) is 11.7 Å². The molecule has 1 aliphatic rings. The van der Waals surface area contributed by atoms with Gasteiger partial charge in [-0.25, -0.2) is 18.4 Å². The standard InChI is InChI=1S/C21H22F2N2O3/c22-18-4-2-1-3-17(18)19(23)15-9-11-25(12-10-15)21(28)24-13-14-5-7-16(8-6-14)20(26)27/h1-8,15,19H,9-13H2,(H,24,28)(H,26,27). The molecule has 2 aromatic rings. The lowest BCUT2D eigenvalue weighted by Gasteiger charge is -2.33. The van der Waals surface area contributed by atoms with Crippen molar-refractivity contribution in [1.82, 2.24) is 10.2 Å². The zero-order chi connectivity index (χ0) is 20.1. The van der Waals surface area contributed by atoms with Gasteiger partial charge in [-0.05, 0) is 42.5 Å². The molecule has 2 amide bonds. The maximum atomic E-state index is 14.7. The Morgan fingerprint density at radius 3 is 2.36 bits per heavy atom. The number of urea groups is 1. The van der Waals surface area contributed by atoms with Crippen molar-refractivity contribution >= 4 is 12.0 Å². The van der Waals surface area contributed by atoms with Crippen LogP contribution >= 0.6 is 0 Å². The number of likely N-dealkylation sites (tertiary alicyclic amines) is 1. The van der Waals surface area contributed by atoms with Crippen LogP contribution in [0.25, 0.3) is 0 Å². The van der Waals surface area contributed by atoms with Crippen LogP contribution in [0.2, 0.25) is 0 Å². The van der Waals surface area contributed by atoms with E-state index in [1.807, 2.05) is 0 Å². The van der Waals surface area contributed by atoms with Gasteiger partial charge in [0.15, 0.2) is 0 Å². The number of aromatic carboxylic acids is 1. The number of rotatable bonds is 5. The predicted octanol–water partition coefficient (Wildman–Crippen LogP) is 4.16. The van der Waals surface area contributed by atoms with Gasteiger partial charge in [-0.1, -0.05) is 30.3 Å². The first-order valence-corrected chi connectivity index (χ1v) is 9.19. The predicted molar refractivity (Wildman–Crippen MR) is 100 cm³/mol. The topological polar surface area (TPSA) is 69.6 Å². The van der Waals surface area contributed by atoms with E-state index >= 15 is 0 Å². The van der Waals surface area contributed by atoms with Crippen LogP contribution < -0.4 is 5.32 Å². The maximum Gasteiger partial charge on any atom is 0.335 e. The van der Waals surface area contributed by atoms with Gasteiger partial charge >= 0.3 is 12.0 Å². The van der Waals surface area contributed by atoms with E-state index < -0.39 is 18.0 Å². The van der Waals surface area contributed by atoms with Gasteiger partial charge in [0.25, 0.3) is 0 Å². The van der Waals surface area contributed by atoms with Gasteiger partial charge in [0.2, 0.25) is 0 Å². The molecule has 1 aliphatic heterocycles. The number of nitrogens with one attached hydrogen (secondary N) is 1. The molecular weight excluding hydrogens is 366 g/mol. The zero-order valence-corrected chi connectivity index (χ0v) is 15.3. The number of nitrogens with zero attached hydrogens (tertiary/aromatic N) is 1. The molecule has 0 aromatic heterocycles. The van der Waals surface area contributed by atoms with Gasteiger partial charge < -0.3 is 15.3 Å². The molecule has 2 N–H and O–H groups in total. The Balaban J connectivity index is 1.48. The molecule has 0 bridgehead atoms. The number of carboxylic acids is 1. The molecule has 148 valence electrons. The first-order chi connectivity index (χ1) is 13.5. The maximum absolute atomic E-state index is 14.7. The summed E-state index contributed by atoms with van der Waals surface area (Å²) in [6, 6.07) is 11.9. The van der Waals surface area contributed by atoms with E-state index in [0.717, 1.165) is 5.56 Å². The van der Waals surface area contributed by atoms with Crippen molar-refractivity contribution in [3.63, 3.8) is 0 Å². The second-order valence-electron chi connectivity index (χ2n) is 6.91. The zero-order valence-electron chi connectivity index (χ0n) is 15.3. The molecular formula is C21H22F2N2O3. The van der Waals surface area contributed by atoms with Gasteiger partial charge in [0.05, 0.1) is 5.56 Å². The first-order valence-electron chi connectivity index (χ1n) is 9.19. The summed E-state index contributed by atoms with van der Waals surface area (Å²) in [6.45, 7) is 1.09. The van der Waals surface area contributed by atoms with E-state index in [-0.39, 0.29) is 29.6 Å². The minimum Gasteiger partial charge on any atom is -0.478 e. The highest BCUT2D eigenvalue weighted by molar-refractivity contribution is 5.87. The SMILES string of the molecule is O=C(O)c1ccc(CNC(=O)N2CCC(C(F)c3ccccc3F)CC2)cc1. The number of amides is 2. The van der Waals surface area contributed by atoms with Crippen LogP contribution in [0.15, 0.2) is 48.5 Å². The summed E-state index contributed by atoms with van der Waals surface area (Å²) in [5.74, 6) is -1.85. The number of carbonyl (C=O) groups is 2. The summed E-state index contributed by atoms with van der Waals surface area (Å²) in [6.07, 6.45) is -0.439. The molecule has 0 aliphatic carbocycles. The molecule has 1 fully saturated rings. The lowest BCUT2D eigenvalue weighted by molar-refractivity contribution is 0.0697. The lowest BCUT2D eigenvalue weighted by atomic mass is 9.88. The summed E-state index contributed by atoms with van der Waals surface area (Å²) < 4.78 is 28.5. The molecule has 5 nitrogen and oxygen atoms in total. The molecule has 0 radical (unpaired) electrons. The summed E-state index contributed by atoms with van der Waals surface area (Å²) in [7, 11) is 0. The van der Waals surface area contributed by atoms with E-state index in [4.69, 9.17) is 5.11 Å². The Kier molecular flexibility index (Phi) is 6.23. The van der Waals surface area contributed by atoms with Crippen LogP contribution in [0.1, 0.15) is 40.5 Å². The Labute approximate surface area is 162 Å². The molecule has 2 aromatic carbocycles. The molecule has 3 rings (SSSR count). The average molecular weight is 388 g/mol. The number of alkyl halides is 1. The van der Waals surface area contributed by atoms with Crippen molar-refractivity contribution in [3.05, 3.63) is 71.0 Å². The molecule has 7 heteroatoms. The molecule has 0 saturated carbocycles. The molecule has 1 heterocycles. The largest absolute Gasteiger partial charge is 0.478 e. The van der Waals surface area contributed by atoms with E-state index in [1.54, 1.807) is 23.1 Å². The van der Waals surface area contributed by atoms with Gasteiger partial charge in [0, 0.05) is 25.2 Å². The summed E-state index contributed by atoms with van der Waals surface area (Å²) in [5.41, 5.74) is 1.06. The van der Waals surface area contributed by atoms with E-state index in [2.05, 4.69) is 5.32 Å².